The molecule has 0 aromatic heterocycles. The number of aliphatic hydroxyl groups excluding tert-OH is 2. The number of nitrogens with two attached hydrogens (primary N) is 1. The maximum Gasteiger partial charge on any atom is 0.200 e. The number of rotatable bonds is 12. The van der Waals surface area contributed by atoms with Crippen molar-refractivity contribution < 1.29 is 39.8 Å². The van der Waals surface area contributed by atoms with Crippen molar-refractivity contribution in [3.8, 4) is 28.7 Å². The standard InChI is InChI=1S/C31H40N2O8/c1-40-26-14-18(3-6-22(26)35)4-7-23(36)29(24(37)8-5-19-13-25(38)30(39)27(15-19)41-2)31(11-9-21(34)17-31)20-10-12-33-28(32)16-20/h3,6,10,13-16,21,23,29,33-36,38-39H,4-5,7-9,11-12,17,32H2,1-2H3/t21-,23-,29-,31+/m1/s1. The van der Waals surface area contributed by atoms with Gasteiger partial charge >= 0.3 is 0 Å². The largest absolute Gasteiger partial charge is 0.504 e. The van der Waals surface area contributed by atoms with Crippen LogP contribution in [0, 0.1) is 11.3 Å². The van der Waals surface area contributed by atoms with Crippen molar-refractivity contribution in [2.75, 3.05) is 20.8 Å². The predicted molar refractivity (Wildman–Crippen MR) is 153 cm³/mol. The molecule has 0 radical (unpaired) electrons. The molecule has 2 aromatic rings. The van der Waals surface area contributed by atoms with Gasteiger partial charge in [-0.1, -0.05) is 12.1 Å². The van der Waals surface area contributed by atoms with Crippen LogP contribution in [0.4, 0.5) is 0 Å². The summed E-state index contributed by atoms with van der Waals surface area (Å²) < 4.78 is 10.4. The van der Waals surface area contributed by atoms with Gasteiger partial charge in [0.25, 0.3) is 0 Å². The number of carbonyl (C=O) groups excluding carboxylic acids is 1. The van der Waals surface area contributed by atoms with Gasteiger partial charge in [0, 0.05) is 18.4 Å². The minimum absolute atomic E-state index is 0.0165. The van der Waals surface area contributed by atoms with Crippen LogP contribution in [0.15, 0.2) is 53.9 Å². The molecule has 1 fully saturated rings. The van der Waals surface area contributed by atoms with Crippen molar-refractivity contribution in [3.05, 3.63) is 65.0 Å². The molecule has 10 nitrogen and oxygen atoms in total. The second-order valence-electron chi connectivity index (χ2n) is 10.9. The Morgan fingerprint density at radius 1 is 1.07 bits per heavy atom. The number of benzene rings is 2. The number of aliphatic hydroxyl groups is 2. The average molecular weight is 569 g/mol. The molecule has 222 valence electrons. The molecule has 1 aliphatic heterocycles. The molecular formula is C31H40N2O8. The van der Waals surface area contributed by atoms with E-state index in [1.807, 2.05) is 6.08 Å². The number of nitrogens with one attached hydrogen (secondary N) is 1. The van der Waals surface area contributed by atoms with Crippen LogP contribution < -0.4 is 20.5 Å². The zero-order chi connectivity index (χ0) is 29.7. The summed E-state index contributed by atoms with van der Waals surface area (Å²) in [6.45, 7) is 0.479. The second-order valence-corrected chi connectivity index (χ2v) is 10.9. The molecule has 41 heavy (non-hydrogen) atoms. The second kappa shape index (κ2) is 12.7. The number of phenols is 3. The van der Waals surface area contributed by atoms with Crippen LogP contribution in [0.25, 0.3) is 0 Å². The predicted octanol–water partition coefficient (Wildman–Crippen LogP) is 2.79. The lowest BCUT2D eigenvalue weighted by molar-refractivity contribution is -0.132. The summed E-state index contributed by atoms with van der Waals surface area (Å²) in [7, 11) is 2.84. The Morgan fingerprint density at radius 3 is 2.46 bits per heavy atom. The van der Waals surface area contributed by atoms with Gasteiger partial charge in [0.2, 0.25) is 5.75 Å². The van der Waals surface area contributed by atoms with E-state index in [2.05, 4.69) is 5.32 Å². The highest BCUT2D eigenvalue weighted by atomic mass is 16.5. The van der Waals surface area contributed by atoms with Crippen LogP contribution in [-0.4, -0.2) is 64.3 Å². The van der Waals surface area contributed by atoms with Crippen molar-refractivity contribution in [2.45, 2.75) is 57.2 Å². The van der Waals surface area contributed by atoms with Gasteiger partial charge in [-0.05, 0) is 85.6 Å². The zero-order valence-electron chi connectivity index (χ0n) is 23.5. The first kappa shape index (κ1) is 30.1. The highest BCUT2D eigenvalue weighted by Gasteiger charge is 2.52. The Bertz CT molecular complexity index is 1320. The molecule has 2 aliphatic rings. The van der Waals surface area contributed by atoms with E-state index in [1.165, 1.54) is 26.4 Å². The molecule has 4 rings (SSSR count). The lowest BCUT2D eigenvalue weighted by Crippen LogP contribution is -2.45. The number of aryl methyl sites for hydroxylation is 2. The number of dihydropyridines is 1. The Labute approximate surface area is 239 Å². The number of ether oxygens (including phenoxy) is 2. The molecule has 0 bridgehead atoms. The Morgan fingerprint density at radius 2 is 1.80 bits per heavy atom. The van der Waals surface area contributed by atoms with Crippen molar-refractivity contribution in [1.29, 1.82) is 0 Å². The number of ketones is 1. The summed E-state index contributed by atoms with van der Waals surface area (Å²) in [5.74, 6) is -0.814. The third-order valence-electron chi connectivity index (χ3n) is 8.33. The van der Waals surface area contributed by atoms with Crippen molar-refractivity contribution in [1.82, 2.24) is 5.32 Å². The molecule has 8 N–H and O–H groups in total. The van der Waals surface area contributed by atoms with Gasteiger partial charge in [-0.25, -0.2) is 0 Å². The summed E-state index contributed by atoms with van der Waals surface area (Å²) >= 11 is 0. The molecule has 1 heterocycles. The number of methoxy groups -OCH3 is 2. The SMILES string of the molecule is COc1cc(CC[C@@H](O)[C@H](C(=O)CCc2cc(O)c(O)c(OC)c2)[C@@]2(C3=CCNC(N)=C3)CC[C@@H](O)C2)ccc1O. The molecule has 10 heteroatoms. The van der Waals surface area contributed by atoms with E-state index in [0.29, 0.717) is 49.4 Å². The molecule has 0 unspecified atom stereocenters. The first-order valence-corrected chi connectivity index (χ1v) is 13.8. The first-order chi connectivity index (χ1) is 19.6. The normalized spacial score (nSPS) is 21.8. The van der Waals surface area contributed by atoms with Gasteiger partial charge in [0.05, 0.1) is 38.2 Å². The van der Waals surface area contributed by atoms with Crippen LogP contribution in [-0.2, 0) is 17.6 Å². The van der Waals surface area contributed by atoms with Gasteiger partial charge < -0.3 is 46.1 Å². The third kappa shape index (κ3) is 6.55. The monoisotopic (exact) mass is 568 g/mol. The van der Waals surface area contributed by atoms with Gasteiger partial charge in [-0.15, -0.1) is 0 Å². The number of hydrogen-bond acceptors (Lipinski definition) is 10. The fourth-order valence-electron chi connectivity index (χ4n) is 6.30. The number of allylic oxidation sites excluding steroid dienone is 2. The Balaban J connectivity index is 1.65. The summed E-state index contributed by atoms with van der Waals surface area (Å²) in [5.41, 5.74) is 7.56. The summed E-state index contributed by atoms with van der Waals surface area (Å²) in [6.07, 6.45) is 4.43. The quantitative estimate of drug-likeness (QED) is 0.189. The molecule has 1 aliphatic carbocycles. The van der Waals surface area contributed by atoms with E-state index in [1.54, 1.807) is 24.3 Å². The summed E-state index contributed by atoms with van der Waals surface area (Å²) in [5, 5.41) is 55.5. The molecule has 0 amide bonds. The third-order valence-corrected chi connectivity index (χ3v) is 8.33. The number of aromatic hydroxyl groups is 3. The fourth-order valence-corrected chi connectivity index (χ4v) is 6.30. The molecule has 1 saturated carbocycles. The van der Waals surface area contributed by atoms with E-state index in [9.17, 15) is 30.3 Å². The Hall–Kier alpha value is -3.89. The van der Waals surface area contributed by atoms with Gasteiger partial charge in [0.15, 0.2) is 23.0 Å². The Kier molecular flexibility index (Phi) is 9.35. The first-order valence-electron chi connectivity index (χ1n) is 13.8. The highest BCUT2D eigenvalue weighted by Crippen LogP contribution is 2.53. The summed E-state index contributed by atoms with van der Waals surface area (Å²) in [4.78, 5) is 14.1. The lowest BCUT2D eigenvalue weighted by atomic mass is 9.63. The highest BCUT2D eigenvalue weighted by molar-refractivity contribution is 5.83. The molecule has 2 aromatic carbocycles. The number of hydrogen-bond donors (Lipinski definition) is 7. The molecule has 0 spiro atoms. The van der Waals surface area contributed by atoms with E-state index < -0.39 is 23.5 Å². The zero-order valence-corrected chi connectivity index (χ0v) is 23.5. The fraction of sp³-hybridized carbons (Fsp3) is 0.452. The molecule has 4 atom stereocenters. The number of carbonyl (C=O) groups is 1. The van der Waals surface area contributed by atoms with E-state index >= 15 is 0 Å². The van der Waals surface area contributed by atoms with Crippen molar-refractivity contribution >= 4 is 5.78 Å². The van der Waals surface area contributed by atoms with E-state index in [0.717, 1.165) is 11.1 Å². The van der Waals surface area contributed by atoms with Gasteiger partial charge in [0.1, 0.15) is 5.78 Å². The maximum absolute atomic E-state index is 14.1. The van der Waals surface area contributed by atoms with E-state index in [-0.39, 0.29) is 48.0 Å². The van der Waals surface area contributed by atoms with E-state index in [4.69, 9.17) is 15.2 Å². The van der Waals surface area contributed by atoms with Crippen LogP contribution >= 0.6 is 0 Å². The van der Waals surface area contributed by atoms with Crippen LogP contribution in [0.5, 0.6) is 28.7 Å². The number of phenolic OH excluding ortho intramolecular Hbond substituents is 3. The van der Waals surface area contributed by atoms with Crippen LogP contribution in [0.2, 0.25) is 0 Å². The molecule has 0 saturated heterocycles. The van der Waals surface area contributed by atoms with Crippen molar-refractivity contribution in [3.63, 3.8) is 0 Å². The molecular weight excluding hydrogens is 528 g/mol. The van der Waals surface area contributed by atoms with Gasteiger partial charge in [-0.3, -0.25) is 4.79 Å². The number of Topliss-reactive ketones (excluding diaryl/α,β-unsaturated/α-hetero) is 1. The van der Waals surface area contributed by atoms with Gasteiger partial charge in [-0.2, -0.15) is 0 Å². The minimum atomic E-state index is -1.04. The lowest BCUT2D eigenvalue weighted by Gasteiger charge is -2.42. The maximum atomic E-state index is 14.1. The smallest absolute Gasteiger partial charge is 0.200 e. The minimum Gasteiger partial charge on any atom is -0.504 e. The average Bonchev–Trinajstić information content (AvgIpc) is 3.35. The van der Waals surface area contributed by atoms with Crippen molar-refractivity contribution in [2.24, 2.45) is 17.1 Å². The van der Waals surface area contributed by atoms with Crippen LogP contribution in [0.1, 0.15) is 43.2 Å². The topological polar surface area (TPSA) is 175 Å². The van der Waals surface area contributed by atoms with Crippen LogP contribution in [0.3, 0.4) is 0 Å². The summed E-state index contributed by atoms with van der Waals surface area (Å²) in [6, 6.07) is 7.95.